The van der Waals surface area contributed by atoms with Crippen LogP contribution in [0.5, 0.6) is 5.75 Å². The number of methoxy groups -OCH3 is 1. The largest absolute Gasteiger partial charge is 0.497 e. The smallest absolute Gasteiger partial charge is 0.322 e. The second-order valence-corrected chi connectivity index (χ2v) is 8.04. The van der Waals surface area contributed by atoms with E-state index in [9.17, 15) is 18.3 Å². The highest BCUT2D eigenvalue weighted by atomic mass is 32.2. The van der Waals surface area contributed by atoms with Crippen molar-refractivity contribution in [2.24, 2.45) is 0 Å². The van der Waals surface area contributed by atoms with Gasteiger partial charge in [-0.25, -0.2) is 8.42 Å². The van der Waals surface area contributed by atoms with E-state index in [1.165, 1.54) is 30.6 Å². The molecule has 1 N–H and O–H groups in total. The van der Waals surface area contributed by atoms with Crippen LogP contribution in [0.1, 0.15) is 10.4 Å². The normalized spacial score (nSPS) is 18.4. The SMILES string of the molecule is COc1ccc(S(=O)(=O)N2Cc3ccsc3CC2C(=O)O)cc1. The molecule has 1 atom stereocenters. The number of aliphatic carboxylic acids is 1. The van der Waals surface area contributed by atoms with Gasteiger partial charge in [0.1, 0.15) is 11.8 Å². The molecular weight excluding hydrogens is 338 g/mol. The van der Waals surface area contributed by atoms with Gasteiger partial charge in [-0.15, -0.1) is 11.3 Å². The molecule has 2 aromatic rings. The number of fused-ring (bicyclic) bond motifs is 1. The Balaban J connectivity index is 2.01. The number of carboxylic acid groups (broad SMARTS) is 1. The first-order valence-electron chi connectivity index (χ1n) is 6.87. The number of ether oxygens (including phenoxy) is 1. The molecule has 23 heavy (non-hydrogen) atoms. The lowest BCUT2D eigenvalue weighted by Crippen LogP contribution is -2.48. The Morgan fingerprint density at radius 2 is 2.00 bits per heavy atom. The predicted molar refractivity (Wildman–Crippen MR) is 85.2 cm³/mol. The average Bonchev–Trinajstić information content (AvgIpc) is 3.01. The van der Waals surface area contributed by atoms with Crippen molar-refractivity contribution in [2.75, 3.05) is 7.11 Å². The standard InChI is InChI=1S/C15H15NO5S2/c1-21-11-2-4-12(5-3-11)23(19,20)16-9-10-6-7-22-14(10)8-13(16)15(17)18/h2-7,13H,8-9H2,1H3,(H,17,18). The number of nitrogens with zero attached hydrogens (tertiary/aromatic N) is 1. The average molecular weight is 353 g/mol. The fraction of sp³-hybridized carbons (Fsp3) is 0.267. The molecule has 0 amide bonds. The van der Waals surface area contributed by atoms with E-state index in [1.54, 1.807) is 12.1 Å². The van der Waals surface area contributed by atoms with E-state index < -0.39 is 22.0 Å². The van der Waals surface area contributed by atoms with E-state index in [-0.39, 0.29) is 17.9 Å². The zero-order valence-corrected chi connectivity index (χ0v) is 13.9. The van der Waals surface area contributed by atoms with E-state index in [0.717, 1.165) is 14.7 Å². The minimum atomic E-state index is -3.90. The van der Waals surface area contributed by atoms with Crippen LogP contribution < -0.4 is 4.74 Å². The monoisotopic (exact) mass is 353 g/mol. The Labute approximate surface area is 138 Å². The van der Waals surface area contributed by atoms with Crippen LogP contribution in [-0.4, -0.2) is 37.0 Å². The van der Waals surface area contributed by atoms with Crippen LogP contribution >= 0.6 is 11.3 Å². The molecule has 1 aromatic heterocycles. The van der Waals surface area contributed by atoms with Crippen molar-refractivity contribution in [2.45, 2.75) is 23.9 Å². The highest BCUT2D eigenvalue weighted by molar-refractivity contribution is 7.89. The number of hydrogen-bond acceptors (Lipinski definition) is 5. The van der Waals surface area contributed by atoms with Gasteiger partial charge in [0.2, 0.25) is 10.0 Å². The highest BCUT2D eigenvalue weighted by Crippen LogP contribution is 2.32. The van der Waals surface area contributed by atoms with Crippen LogP contribution in [0.25, 0.3) is 0 Å². The molecule has 2 heterocycles. The Morgan fingerprint density at radius 1 is 1.30 bits per heavy atom. The van der Waals surface area contributed by atoms with Crippen LogP contribution in [0.15, 0.2) is 40.6 Å². The zero-order chi connectivity index (χ0) is 16.6. The van der Waals surface area contributed by atoms with E-state index in [4.69, 9.17) is 4.74 Å². The summed E-state index contributed by atoms with van der Waals surface area (Å²) in [6.07, 6.45) is 0.192. The molecule has 1 aliphatic heterocycles. The first-order chi connectivity index (χ1) is 10.9. The maximum absolute atomic E-state index is 12.9. The number of thiophene rings is 1. The first kappa shape index (κ1) is 16.0. The van der Waals surface area contributed by atoms with Gasteiger partial charge in [0, 0.05) is 17.8 Å². The van der Waals surface area contributed by atoms with Gasteiger partial charge in [-0.3, -0.25) is 4.79 Å². The van der Waals surface area contributed by atoms with Gasteiger partial charge in [0.15, 0.2) is 0 Å². The molecule has 0 bridgehead atoms. The van der Waals surface area contributed by atoms with E-state index in [0.29, 0.717) is 5.75 Å². The molecule has 0 fully saturated rings. The summed E-state index contributed by atoms with van der Waals surface area (Å²) >= 11 is 1.46. The number of sulfonamides is 1. The molecular formula is C15H15NO5S2. The minimum absolute atomic E-state index is 0.0585. The van der Waals surface area contributed by atoms with Gasteiger partial charge in [0.05, 0.1) is 12.0 Å². The van der Waals surface area contributed by atoms with E-state index >= 15 is 0 Å². The Bertz CT molecular complexity index is 826. The molecule has 8 heteroatoms. The Hall–Kier alpha value is -1.90. The maximum Gasteiger partial charge on any atom is 0.322 e. The molecule has 0 saturated heterocycles. The quantitative estimate of drug-likeness (QED) is 0.908. The van der Waals surface area contributed by atoms with Crippen molar-refractivity contribution in [3.63, 3.8) is 0 Å². The lowest BCUT2D eigenvalue weighted by molar-refractivity contribution is -0.141. The van der Waals surface area contributed by atoms with Gasteiger partial charge in [-0.05, 0) is 41.3 Å². The van der Waals surface area contributed by atoms with Crippen molar-refractivity contribution in [3.05, 3.63) is 46.2 Å². The van der Waals surface area contributed by atoms with Crippen molar-refractivity contribution >= 4 is 27.3 Å². The Morgan fingerprint density at radius 3 is 2.61 bits per heavy atom. The predicted octanol–water partition coefficient (Wildman–Crippen LogP) is 1.96. The third-order valence-electron chi connectivity index (χ3n) is 3.84. The zero-order valence-electron chi connectivity index (χ0n) is 12.3. The summed E-state index contributed by atoms with van der Waals surface area (Å²) in [5.41, 5.74) is 0.865. The summed E-state index contributed by atoms with van der Waals surface area (Å²) < 4.78 is 31.8. The lowest BCUT2D eigenvalue weighted by Gasteiger charge is -2.32. The van der Waals surface area contributed by atoms with Gasteiger partial charge < -0.3 is 9.84 Å². The molecule has 1 aromatic carbocycles. The van der Waals surface area contributed by atoms with Gasteiger partial charge in [0.25, 0.3) is 0 Å². The number of hydrogen-bond donors (Lipinski definition) is 1. The molecule has 6 nitrogen and oxygen atoms in total. The van der Waals surface area contributed by atoms with Gasteiger partial charge >= 0.3 is 5.97 Å². The maximum atomic E-state index is 12.9. The summed E-state index contributed by atoms with van der Waals surface area (Å²) in [6.45, 7) is 0.0736. The fourth-order valence-corrected chi connectivity index (χ4v) is 5.08. The summed E-state index contributed by atoms with van der Waals surface area (Å²) in [6, 6.07) is 6.69. The van der Waals surface area contributed by atoms with Crippen molar-refractivity contribution in [3.8, 4) is 5.75 Å². The topological polar surface area (TPSA) is 83.9 Å². The highest BCUT2D eigenvalue weighted by Gasteiger charge is 2.40. The summed E-state index contributed by atoms with van der Waals surface area (Å²) in [4.78, 5) is 12.5. The van der Waals surface area contributed by atoms with Crippen LogP contribution in [0.2, 0.25) is 0 Å². The van der Waals surface area contributed by atoms with Crippen LogP contribution in [-0.2, 0) is 27.8 Å². The van der Waals surface area contributed by atoms with Crippen molar-refractivity contribution < 1.29 is 23.1 Å². The van der Waals surface area contributed by atoms with Gasteiger partial charge in [-0.2, -0.15) is 4.31 Å². The van der Waals surface area contributed by atoms with Gasteiger partial charge in [-0.1, -0.05) is 0 Å². The molecule has 122 valence electrons. The molecule has 0 aliphatic carbocycles. The summed E-state index contributed by atoms with van der Waals surface area (Å²) in [5, 5.41) is 11.3. The number of benzene rings is 1. The second kappa shape index (κ2) is 5.95. The molecule has 0 spiro atoms. The van der Waals surface area contributed by atoms with Crippen LogP contribution in [0.4, 0.5) is 0 Å². The number of carbonyl (C=O) groups is 1. The van der Waals surface area contributed by atoms with E-state index in [1.807, 2.05) is 11.4 Å². The summed E-state index contributed by atoms with van der Waals surface area (Å²) in [5.74, 6) is -0.598. The first-order valence-corrected chi connectivity index (χ1v) is 9.19. The fourth-order valence-electron chi connectivity index (χ4n) is 2.59. The van der Waals surface area contributed by atoms with Crippen LogP contribution in [0, 0.1) is 0 Å². The third kappa shape index (κ3) is 2.85. The molecule has 0 radical (unpaired) electrons. The third-order valence-corrected chi connectivity index (χ3v) is 6.70. The molecule has 0 saturated carbocycles. The summed E-state index contributed by atoms with van der Waals surface area (Å²) in [7, 11) is -2.41. The van der Waals surface area contributed by atoms with Crippen molar-refractivity contribution in [1.82, 2.24) is 4.31 Å². The molecule has 1 aliphatic rings. The van der Waals surface area contributed by atoms with Crippen LogP contribution in [0.3, 0.4) is 0 Å². The molecule has 1 unspecified atom stereocenters. The number of carboxylic acids is 1. The second-order valence-electron chi connectivity index (χ2n) is 5.15. The molecule has 3 rings (SSSR count). The lowest BCUT2D eigenvalue weighted by atomic mass is 10.1. The Kier molecular flexibility index (Phi) is 4.13. The van der Waals surface area contributed by atoms with Crippen molar-refractivity contribution in [1.29, 1.82) is 0 Å². The number of rotatable bonds is 4. The van der Waals surface area contributed by atoms with E-state index in [2.05, 4.69) is 0 Å². The minimum Gasteiger partial charge on any atom is -0.497 e.